The summed E-state index contributed by atoms with van der Waals surface area (Å²) < 4.78 is 46.1. The molecule has 96 heavy (non-hydrogen) atoms. The predicted octanol–water partition coefficient (Wildman–Crippen LogP) is 6.00. The largest absolute Gasteiger partial charge is 0.507 e. The molecule has 27 nitrogen and oxygen atoms in total. The number of methoxy groups -OCH3 is 2. The molecule has 11 rings (SSSR count). The zero-order valence-electron chi connectivity index (χ0n) is 55.9. The number of esters is 1. The van der Waals surface area contributed by atoms with Gasteiger partial charge in [0.15, 0.2) is 17.3 Å². The van der Waals surface area contributed by atoms with Crippen molar-refractivity contribution in [2.24, 2.45) is 34.6 Å². The topological polar surface area (TPSA) is 372 Å². The number of aromatic carboxylic acids is 1. The number of ketones is 1. The molecule has 3 fully saturated rings. The Kier molecular flexibility index (Phi) is 23.2. The number of anilines is 2. The number of hydrogen-bond acceptors (Lipinski definition) is 23. The average Bonchev–Trinajstić information content (AvgIpc) is 1.44. The van der Waals surface area contributed by atoms with Crippen LogP contribution in [0.25, 0.3) is 21.7 Å². The summed E-state index contributed by atoms with van der Waals surface area (Å²) in [4.78, 5) is 83.2. The number of halogens is 1. The second kappa shape index (κ2) is 30.7. The number of nitrogens with two attached hydrogens (primary N) is 1. The number of hydrazine groups is 1. The highest BCUT2D eigenvalue weighted by Gasteiger charge is 2.50. The highest BCUT2D eigenvalue weighted by atomic mass is 19.1. The summed E-state index contributed by atoms with van der Waals surface area (Å²) >= 11 is 0. The zero-order chi connectivity index (χ0) is 70.4. The first-order valence-corrected chi connectivity index (χ1v) is 31.6. The van der Waals surface area contributed by atoms with Crippen LogP contribution in [0.3, 0.4) is 0 Å². The lowest BCUT2D eigenvalue weighted by molar-refractivity contribution is -0.160. The molecular formula is C68H87FN10O17. The predicted molar refractivity (Wildman–Crippen MR) is 356 cm³/mol. The number of likely N-dealkylation sites (N-methyl/N-ethyl adjacent to an activating group) is 1. The first-order chi connectivity index (χ1) is 45.5. The summed E-state index contributed by atoms with van der Waals surface area (Å²) in [5, 5.41) is 79.6. The Labute approximate surface area is 554 Å². The van der Waals surface area contributed by atoms with E-state index in [1.807, 2.05) is 24.3 Å². The number of rotatable bonds is 9. The molecule has 7 heterocycles. The Morgan fingerprint density at radius 3 is 2.20 bits per heavy atom. The van der Waals surface area contributed by atoms with Gasteiger partial charge in [-0.1, -0.05) is 45.9 Å². The molecule has 2 aromatic heterocycles. The minimum absolute atomic E-state index is 0.0445. The maximum atomic E-state index is 15.1. The van der Waals surface area contributed by atoms with Crippen molar-refractivity contribution in [2.45, 2.75) is 117 Å². The number of fused-ring (bicyclic) bond motifs is 15. The number of benzene rings is 3. The van der Waals surface area contributed by atoms with Crippen molar-refractivity contribution in [2.75, 3.05) is 77.3 Å². The third-order valence-electron chi connectivity index (χ3n) is 18.2. The van der Waals surface area contributed by atoms with Gasteiger partial charge in [-0.25, -0.2) is 15.0 Å². The van der Waals surface area contributed by atoms with Gasteiger partial charge in [-0.15, -0.1) is 0 Å². The van der Waals surface area contributed by atoms with Crippen LogP contribution in [0.5, 0.6) is 28.7 Å². The van der Waals surface area contributed by atoms with Gasteiger partial charge in [0.05, 0.1) is 71.0 Å². The van der Waals surface area contributed by atoms with Gasteiger partial charge in [-0.2, -0.15) is 5.10 Å². The number of carboxylic acid groups (broad SMARTS) is 1. The number of pyridine rings is 2. The van der Waals surface area contributed by atoms with Gasteiger partial charge in [0, 0.05) is 143 Å². The number of amides is 2. The smallest absolute Gasteiger partial charge is 0.341 e. The van der Waals surface area contributed by atoms with Crippen molar-refractivity contribution in [3.8, 4) is 28.7 Å². The van der Waals surface area contributed by atoms with Crippen molar-refractivity contribution >= 4 is 68.8 Å². The number of piperazine rings is 2. The highest BCUT2D eigenvalue weighted by Crippen LogP contribution is 2.55. The molecular weight excluding hydrogens is 1250 g/mol. The van der Waals surface area contributed by atoms with E-state index in [1.54, 1.807) is 61.6 Å². The number of carbonyl (C=O) groups excluding carboxylic acids is 4. The lowest BCUT2D eigenvalue weighted by atomic mass is 9.78. The normalized spacial score (nSPS) is 26.3. The van der Waals surface area contributed by atoms with E-state index >= 15 is 4.39 Å². The minimum Gasteiger partial charge on any atom is -0.507 e. The summed E-state index contributed by atoms with van der Waals surface area (Å²) in [5.41, 5.74) is 1.94. The molecule has 5 bridgehead atoms. The molecule has 1 aliphatic carbocycles. The number of aromatic hydroxyl groups is 3. The number of hydrogen-bond donors (Lipinski definition) is 10. The molecule has 11 N–H and O–H groups in total. The maximum Gasteiger partial charge on any atom is 0.341 e. The van der Waals surface area contributed by atoms with Gasteiger partial charge >= 0.3 is 17.7 Å². The van der Waals surface area contributed by atoms with Crippen molar-refractivity contribution in [3.63, 3.8) is 0 Å². The minimum atomic E-state index is -2.04. The number of carboxylic acids is 1. The Morgan fingerprint density at radius 1 is 0.917 bits per heavy atom. The van der Waals surface area contributed by atoms with E-state index in [4.69, 9.17) is 29.5 Å². The molecule has 0 radical (unpaired) electrons. The van der Waals surface area contributed by atoms with Crippen molar-refractivity contribution < 1.29 is 82.7 Å². The molecule has 5 aromatic rings. The number of carbonyl (C=O) groups is 5. The fourth-order valence-electron chi connectivity index (χ4n) is 12.4. The molecule has 3 aromatic carbocycles. The number of ether oxygens (including phenoxy) is 5. The lowest BCUT2D eigenvalue weighted by Crippen LogP contribution is -2.49. The van der Waals surface area contributed by atoms with Gasteiger partial charge in [0.1, 0.15) is 34.6 Å². The number of nitrogens with one attached hydrogen (secondary N) is 3. The van der Waals surface area contributed by atoms with Crippen LogP contribution in [0.1, 0.15) is 116 Å². The molecule has 0 spiro atoms. The summed E-state index contributed by atoms with van der Waals surface area (Å²) in [6, 6.07) is 4.62. The van der Waals surface area contributed by atoms with Gasteiger partial charge in [-0.3, -0.25) is 39.4 Å². The van der Waals surface area contributed by atoms with Gasteiger partial charge < -0.3 is 79.3 Å². The molecule has 10 atom stereocenters. The van der Waals surface area contributed by atoms with Crippen LogP contribution in [0.15, 0.2) is 82.8 Å². The van der Waals surface area contributed by atoms with Crippen LogP contribution in [0.2, 0.25) is 0 Å². The van der Waals surface area contributed by atoms with E-state index in [0.29, 0.717) is 48.7 Å². The first kappa shape index (κ1) is 72.6. The number of phenolic OH excluding ortho intramolecular Hbond substituents is 3. The molecule has 5 aliphatic heterocycles. The summed E-state index contributed by atoms with van der Waals surface area (Å²) in [6.07, 6.45) is 11.1. The van der Waals surface area contributed by atoms with Crippen LogP contribution in [0.4, 0.5) is 15.8 Å². The number of Topliss-reactive ketones (excluding diaryl/α,β-unsaturated/α-hetero) is 1. The van der Waals surface area contributed by atoms with Crippen LogP contribution >= 0.6 is 0 Å². The van der Waals surface area contributed by atoms with Gasteiger partial charge in [0.25, 0.3) is 17.6 Å². The van der Waals surface area contributed by atoms with E-state index in [1.165, 1.54) is 85.1 Å². The number of aliphatic hydroxyl groups is 2. The lowest BCUT2D eigenvalue weighted by Gasteiger charge is -2.38. The van der Waals surface area contributed by atoms with E-state index in [-0.39, 0.29) is 73.4 Å². The van der Waals surface area contributed by atoms with Crippen LogP contribution in [0, 0.1) is 36.4 Å². The van der Waals surface area contributed by atoms with E-state index in [9.17, 15) is 59.4 Å². The molecule has 6 aliphatic rings. The summed E-state index contributed by atoms with van der Waals surface area (Å²) in [5.74, 6) is -5.35. The number of aliphatic hydroxyl groups excluding tert-OH is 2. The molecule has 28 heteroatoms. The number of nitrogen functional groups attached to an aromatic ring is 1. The van der Waals surface area contributed by atoms with Gasteiger partial charge in [-0.05, 0) is 64.9 Å². The zero-order valence-corrected chi connectivity index (χ0v) is 55.9. The fraction of sp³-hybridized carbons (Fsp3) is 0.471. The number of aromatic nitrogens is 2. The Bertz CT molecular complexity index is 3940. The summed E-state index contributed by atoms with van der Waals surface area (Å²) in [6.45, 7) is 19.1. The van der Waals surface area contributed by atoms with Crippen molar-refractivity contribution in [1.29, 1.82) is 0 Å². The molecule has 2 saturated heterocycles. The Balaban J connectivity index is 0.000000258. The number of hydrazone groups is 1. The van der Waals surface area contributed by atoms with Crippen LogP contribution in [-0.2, 0) is 23.8 Å². The standard InChI is InChI=1S/C43H58N4O12.C19H22FN3O4.C6H7N3O/c1-21-12-11-13-22(2)42(55)45-33-28(20-44-47-17-15-46(9)16-18-47)37(52)30-31(38(33)53)36(51)26(6)40-32(30)41(54)43(8,59-40)57-19-14-29(56-10)23(3)39(58-27(7)48)25(5)35(50)24(4)34(21)49;1-10-8-22(6-5-21-10)16-14(20)7-12-15(18(16)27-2)23(11-3-4-11)9-13(17(12)24)19(25)26;7-9-6(10)5-1-3-8-4-2-5/h11-14,19-21,23-25,29,34-35,39,49-53H,15-18H2,1-10H3,(H,45,55);7,9-11,21H,3-6,8H2,1-2H3,(H,25,26);1-4H,7H2,(H,9,10)/b12-11+,19-14+,22-13-,44-20-;;/t21-,23-,24-,25-,29+,34+,35+,39-,43+;;/m1../s1. The van der Waals surface area contributed by atoms with Crippen molar-refractivity contribution in [3.05, 3.63) is 117 Å². The third-order valence-corrected chi connectivity index (χ3v) is 18.2. The fourth-order valence-corrected chi connectivity index (χ4v) is 12.4. The number of allylic oxidation sites excluding steroid dienone is 2. The number of phenols is 3. The Hall–Kier alpha value is -9.19. The summed E-state index contributed by atoms with van der Waals surface area (Å²) in [7, 11) is 4.88. The SMILES string of the molecule is CO[C@H]1/C=C/O[C@@]2(C)Oc3c(C)c(O)c4c(O)c(c(/C=N\N5CCN(C)CC5)c(O)c4c3C2=O)NC(=O)/C(C)=C\C=C\[C@@H](C)[C@H](O)[C@@H](C)[C@H](O)[C@@H](C)[C@H](OC(C)=O)[C@@H]1C.COc1c(N2CCNC(C)C2)c(F)cc2c(=O)c(C(=O)O)cn(C3CC3)c12.NNC(=O)c1ccncc1. The molecule has 2 amide bonds. The van der Waals surface area contributed by atoms with Crippen LogP contribution < -0.4 is 41.7 Å². The Morgan fingerprint density at radius 2 is 1.59 bits per heavy atom. The quantitative estimate of drug-likeness (QED) is 0.0154. The number of nitrogens with zero attached hydrogens (tertiary/aromatic N) is 6. The molecule has 1 unspecified atom stereocenters. The molecule has 1 saturated carbocycles. The second-order valence-electron chi connectivity index (χ2n) is 25.1. The van der Waals surface area contributed by atoms with E-state index in [2.05, 4.69) is 25.6 Å². The second-order valence-corrected chi connectivity index (χ2v) is 25.1. The van der Waals surface area contributed by atoms with Gasteiger partial charge in [0.2, 0.25) is 5.43 Å². The molecule has 518 valence electrons. The van der Waals surface area contributed by atoms with Crippen LogP contribution in [-0.4, -0.2) is 189 Å². The van der Waals surface area contributed by atoms with E-state index in [0.717, 1.165) is 38.5 Å². The third kappa shape index (κ3) is 15.4. The first-order valence-electron chi connectivity index (χ1n) is 31.6. The van der Waals surface area contributed by atoms with Crippen molar-refractivity contribution in [1.82, 2.24) is 30.2 Å². The highest BCUT2D eigenvalue weighted by molar-refractivity contribution is 6.24. The average molecular weight is 1340 g/mol. The van der Waals surface area contributed by atoms with E-state index < -0.39 is 106 Å². The maximum absolute atomic E-state index is 15.1. The monoisotopic (exact) mass is 1330 g/mol.